The van der Waals surface area contributed by atoms with Gasteiger partial charge in [-0.1, -0.05) is 42.5 Å². The molecule has 2 aromatic rings. The van der Waals surface area contributed by atoms with Crippen molar-refractivity contribution in [1.29, 1.82) is 0 Å². The normalized spacial score (nSPS) is 11.5. The van der Waals surface area contributed by atoms with Gasteiger partial charge in [-0.3, -0.25) is 4.84 Å². The molecule has 0 aliphatic rings. The first-order valence-corrected chi connectivity index (χ1v) is 6.77. The van der Waals surface area contributed by atoms with Crippen LogP contribution in [-0.4, -0.2) is 35.7 Å². The number of aliphatic carboxylic acids is 1. The van der Waals surface area contributed by atoms with Crippen LogP contribution in [0.2, 0.25) is 0 Å². The van der Waals surface area contributed by atoms with Gasteiger partial charge >= 0.3 is 11.7 Å². The molecule has 2 aromatic carbocycles. The van der Waals surface area contributed by atoms with Gasteiger partial charge in [0.15, 0.2) is 7.05 Å². The lowest BCUT2D eigenvalue weighted by Crippen LogP contribution is -2.26. The van der Waals surface area contributed by atoms with Gasteiger partial charge < -0.3 is 9.84 Å². The van der Waals surface area contributed by atoms with Crippen LogP contribution in [0.15, 0.2) is 54.6 Å². The van der Waals surface area contributed by atoms with Crippen LogP contribution in [0, 0.1) is 0 Å². The van der Waals surface area contributed by atoms with Crippen LogP contribution in [-0.2, 0) is 16.2 Å². The molecule has 0 bridgehead atoms. The Balaban J connectivity index is 2.32. The zero-order valence-electron chi connectivity index (χ0n) is 12.5. The van der Waals surface area contributed by atoms with E-state index in [0.717, 1.165) is 5.56 Å². The fraction of sp³-hybridized carbons (Fsp3) is 0.176. The Morgan fingerprint density at radius 3 is 2.36 bits per heavy atom. The summed E-state index contributed by atoms with van der Waals surface area (Å²) in [6.45, 7) is 0.363. The van der Waals surface area contributed by atoms with Crippen molar-refractivity contribution in [2.24, 2.45) is 0 Å². The van der Waals surface area contributed by atoms with Crippen LogP contribution in [0.4, 0.5) is 0 Å². The van der Waals surface area contributed by atoms with Gasteiger partial charge in [-0.2, -0.15) is 0 Å². The average Bonchev–Trinajstić information content (AvgIpc) is 2.54. The van der Waals surface area contributed by atoms with Gasteiger partial charge in [0, 0.05) is 0 Å². The van der Waals surface area contributed by atoms with E-state index in [1.165, 1.54) is 18.9 Å². The van der Waals surface area contributed by atoms with E-state index in [1.807, 2.05) is 30.3 Å². The van der Waals surface area contributed by atoms with Gasteiger partial charge in [0.05, 0.1) is 0 Å². The third kappa shape index (κ3) is 3.63. The molecule has 0 atom stereocenters. The van der Waals surface area contributed by atoms with Crippen LogP contribution in [0.5, 0.6) is 5.75 Å². The van der Waals surface area contributed by atoms with Crippen molar-refractivity contribution >= 4 is 11.7 Å². The molecule has 0 aromatic heterocycles. The minimum atomic E-state index is -1.08. The zero-order chi connectivity index (χ0) is 15.9. The molecule has 5 nitrogen and oxygen atoms in total. The van der Waals surface area contributed by atoms with Crippen molar-refractivity contribution in [3.8, 4) is 5.75 Å². The maximum Gasteiger partial charge on any atom is 0.406 e. The number of carboxylic acid groups (broad SMARTS) is 1. The van der Waals surface area contributed by atoms with Crippen LogP contribution < -0.4 is 4.74 Å². The number of ether oxygens (including phenoxy) is 1. The van der Waals surface area contributed by atoms with Crippen LogP contribution in [0.25, 0.3) is 0 Å². The van der Waals surface area contributed by atoms with Gasteiger partial charge in [0.25, 0.3) is 0 Å². The molecule has 0 fully saturated rings. The summed E-state index contributed by atoms with van der Waals surface area (Å²) < 4.78 is 6.98. The van der Waals surface area contributed by atoms with E-state index >= 15 is 0 Å². The van der Waals surface area contributed by atoms with Crippen molar-refractivity contribution in [3.63, 3.8) is 0 Å². The molecule has 0 saturated carbocycles. The SMILES string of the molecule is CO/[N+](C)=C(\C(=O)O)c1ccccc1OCc1ccccc1. The highest BCUT2D eigenvalue weighted by Crippen LogP contribution is 2.20. The maximum absolute atomic E-state index is 11.5. The van der Waals surface area contributed by atoms with E-state index in [4.69, 9.17) is 9.57 Å². The van der Waals surface area contributed by atoms with E-state index in [2.05, 4.69) is 0 Å². The lowest BCUT2D eigenvalue weighted by molar-refractivity contribution is -0.759. The lowest BCUT2D eigenvalue weighted by Gasteiger charge is -2.10. The second kappa shape index (κ2) is 7.26. The molecule has 0 radical (unpaired) electrons. The summed E-state index contributed by atoms with van der Waals surface area (Å²) in [7, 11) is 2.95. The first-order chi connectivity index (χ1) is 10.6. The average molecular weight is 300 g/mol. The largest absolute Gasteiger partial charge is 0.488 e. The predicted molar refractivity (Wildman–Crippen MR) is 82.2 cm³/mol. The number of hydrogen-bond acceptors (Lipinski definition) is 3. The summed E-state index contributed by atoms with van der Waals surface area (Å²) in [5.74, 6) is -0.590. The fourth-order valence-electron chi connectivity index (χ4n) is 2.03. The van der Waals surface area contributed by atoms with Crippen molar-refractivity contribution in [1.82, 2.24) is 0 Å². The highest BCUT2D eigenvalue weighted by molar-refractivity contribution is 6.40. The summed E-state index contributed by atoms with van der Waals surface area (Å²) in [5.41, 5.74) is 1.50. The standard InChI is InChI=1S/C17H17NO4/c1-18(21-2)16(17(19)20)14-10-6-7-11-15(14)22-12-13-8-4-3-5-9-13/h3-11H,12H2,1-2H3/p+1/b18-16-. The molecule has 0 unspecified atom stereocenters. The molecule has 0 amide bonds. The summed E-state index contributed by atoms with van der Waals surface area (Å²) in [4.78, 5) is 16.5. The number of hydrogen-bond donors (Lipinski definition) is 1. The van der Waals surface area contributed by atoms with Crippen LogP contribution >= 0.6 is 0 Å². The molecular formula is C17H18NO4+. The Labute approximate surface area is 129 Å². The molecule has 0 aliphatic heterocycles. The van der Waals surface area contributed by atoms with Crippen LogP contribution in [0.3, 0.4) is 0 Å². The third-order valence-electron chi connectivity index (χ3n) is 3.17. The fourth-order valence-corrected chi connectivity index (χ4v) is 2.03. The smallest absolute Gasteiger partial charge is 0.406 e. The monoisotopic (exact) mass is 300 g/mol. The Bertz CT molecular complexity index is 680. The molecule has 2 rings (SSSR count). The molecule has 0 spiro atoms. The lowest BCUT2D eigenvalue weighted by atomic mass is 10.1. The van der Waals surface area contributed by atoms with E-state index in [-0.39, 0.29) is 5.71 Å². The van der Waals surface area contributed by atoms with Gasteiger partial charge in [0.1, 0.15) is 25.0 Å². The molecule has 114 valence electrons. The molecule has 5 heteroatoms. The molecular weight excluding hydrogens is 282 g/mol. The Kier molecular flexibility index (Phi) is 5.14. The van der Waals surface area contributed by atoms with Crippen LogP contribution in [0.1, 0.15) is 11.1 Å². The van der Waals surface area contributed by atoms with Gasteiger partial charge in [-0.25, -0.2) is 4.79 Å². The number of para-hydroxylation sites is 1. The summed E-state index contributed by atoms with van der Waals surface area (Å²) >= 11 is 0. The predicted octanol–water partition coefficient (Wildman–Crippen LogP) is 2.34. The summed E-state index contributed by atoms with van der Waals surface area (Å²) in [6, 6.07) is 16.7. The molecule has 1 N–H and O–H groups in total. The number of carboxylic acids is 1. The van der Waals surface area contributed by atoms with Gasteiger partial charge in [-0.15, -0.1) is 0 Å². The molecule has 22 heavy (non-hydrogen) atoms. The number of nitrogens with zero attached hydrogens (tertiary/aromatic N) is 1. The number of hydroxylamine groups is 1. The highest BCUT2D eigenvalue weighted by Gasteiger charge is 2.27. The van der Waals surface area contributed by atoms with Gasteiger partial charge in [0.2, 0.25) is 0 Å². The van der Waals surface area contributed by atoms with E-state index in [0.29, 0.717) is 17.9 Å². The quantitative estimate of drug-likeness (QED) is 0.505. The van der Waals surface area contributed by atoms with Crippen molar-refractivity contribution in [3.05, 3.63) is 65.7 Å². The molecule has 0 heterocycles. The topological polar surface area (TPSA) is 58.8 Å². The Morgan fingerprint density at radius 2 is 1.73 bits per heavy atom. The second-order valence-corrected chi connectivity index (χ2v) is 4.60. The highest BCUT2D eigenvalue weighted by atomic mass is 16.7. The maximum atomic E-state index is 11.5. The number of carbonyl (C=O) groups is 1. The van der Waals surface area contributed by atoms with Crippen molar-refractivity contribution < 1.29 is 24.2 Å². The minimum Gasteiger partial charge on any atom is -0.488 e. The number of rotatable bonds is 6. The first-order valence-electron chi connectivity index (χ1n) is 6.77. The summed E-state index contributed by atoms with van der Waals surface area (Å²) in [6.07, 6.45) is 0. The third-order valence-corrected chi connectivity index (χ3v) is 3.17. The van der Waals surface area contributed by atoms with E-state index < -0.39 is 5.97 Å². The minimum absolute atomic E-state index is 0.0196. The molecule has 0 aliphatic carbocycles. The number of benzene rings is 2. The van der Waals surface area contributed by atoms with Gasteiger partial charge in [-0.05, 0) is 22.4 Å². The Hall–Kier alpha value is -2.82. The summed E-state index contributed by atoms with van der Waals surface area (Å²) in [5, 5.41) is 9.42. The second-order valence-electron chi connectivity index (χ2n) is 4.60. The first kappa shape index (κ1) is 15.6. The Morgan fingerprint density at radius 1 is 1.09 bits per heavy atom. The van der Waals surface area contributed by atoms with E-state index in [9.17, 15) is 9.90 Å². The zero-order valence-corrected chi connectivity index (χ0v) is 12.5. The van der Waals surface area contributed by atoms with Crippen molar-refractivity contribution in [2.75, 3.05) is 14.2 Å². The van der Waals surface area contributed by atoms with E-state index in [1.54, 1.807) is 24.3 Å². The van der Waals surface area contributed by atoms with Crippen molar-refractivity contribution in [2.45, 2.75) is 6.61 Å². The molecule has 0 saturated heterocycles.